The molecule has 4 aromatic rings. The van der Waals surface area contributed by atoms with Crippen molar-refractivity contribution in [2.45, 2.75) is 18.3 Å². The summed E-state index contributed by atoms with van der Waals surface area (Å²) in [5.74, 6) is 0.622. The van der Waals surface area contributed by atoms with Crippen molar-refractivity contribution < 1.29 is 8.85 Å². The van der Waals surface area contributed by atoms with E-state index in [2.05, 4.69) is 20.3 Å². The third kappa shape index (κ3) is 3.44. The van der Waals surface area contributed by atoms with E-state index < -0.39 is 6.98 Å². The standard InChI is InChI=1S/C24H23ClN6O/c1-27-23-21-16(11-17(14-6-4-3-5-7-14)22(21)29-24(26)30-23)15-8-9-18(19(10-15)32-2)31-12-20(25)28-13-31/h3-10,12-13,16-17H,11H2,1-2H3,(H3,26,27,29,30)/i1D3. The smallest absolute Gasteiger partial charge is 0.222 e. The molecule has 0 radical (unpaired) electrons. The summed E-state index contributed by atoms with van der Waals surface area (Å²) in [7, 11) is 1.60. The molecule has 2 atom stereocenters. The first-order valence-corrected chi connectivity index (χ1v) is 10.5. The minimum absolute atomic E-state index is 0.0296. The van der Waals surface area contributed by atoms with E-state index in [1.807, 2.05) is 48.5 Å². The number of rotatable bonds is 5. The zero-order valence-electron chi connectivity index (χ0n) is 20.3. The van der Waals surface area contributed by atoms with Crippen LogP contribution in [-0.4, -0.2) is 33.6 Å². The molecule has 1 aliphatic carbocycles. The number of anilines is 2. The molecule has 32 heavy (non-hydrogen) atoms. The molecule has 0 amide bonds. The van der Waals surface area contributed by atoms with Gasteiger partial charge in [-0.15, -0.1) is 0 Å². The summed E-state index contributed by atoms with van der Waals surface area (Å²) in [5.41, 5.74) is 10.3. The van der Waals surface area contributed by atoms with Gasteiger partial charge < -0.3 is 20.4 Å². The molecule has 2 heterocycles. The number of imidazole rings is 1. The van der Waals surface area contributed by atoms with Gasteiger partial charge in [0.1, 0.15) is 23.0 Å². The van der Waals surface area contributed by atoms with Crippen LogP contribution >= 0.6 is 11.6 Å². The van der Waals surface area contributed by atoms with E-state index in [4.69, 9.17) is 26.2 Å². The number of hydrogen-bond donors (Lipinski definition) is 2. The van der Waals surface area contributed by atoms with E-state index in [-0.39, 0.29) is 23.6 Å². The summed E-state index contributed by atoms with van der Waals surface area (Å²) in [4.78, 5) is 12.9. The second-order valence-electron chi connectivity index (χ2n) is 7.64. The maximum Gasteiger partial charge on any atom is 0.222 e. The minimum atomic E-state index is -2.44. The first-order valence-electron chi connectivity index (χ1n) is 11.6. The van der Waals surface area contributed by atoms with E-state index >= 15 is 0 Å². The maximum atomic E-state index is 7.76. The lowest BCUT2D eigenvalue weighted by atomic mass is 9.90. The molecule has 3 N–H and O–H groups in total. The number of nitrogens with two attached hydrogens (primary N) is 1. The molecule has 2 unspecified atom stereocenters. The predicted octanol–water partition coefficient (Wildman–Crippen LogP) is 4.62. The molecular formula is C24H23ClN6O. The fourth-order valence-electron chi connectivity index (χ4n) is 4.51. The van der Waals surface area contributed by atoms with Gasteiger partial charge in [-0.3, -0.25) is 0 Å². The molecule has 7 nitrogen and oxygen atoms in total. The molecule has 5 rings (SSSR count). The highest BCUT2D eigenvalue weighted by molar-refractivity contribution is 6.29. The van der Waals surface area contributed by atoms with Gasteiger partial charge in [0.25, 0.3) is 0 Å². The van der Waals surface area contributed by atoms with Crippen molar-refractivity contribution in [2.75, 3.05) is 25.1 Å². The van der Waals surface area contributed by atoms with Crippen LogP contribution in [0.3, 0.4) is 0 Å². The van der Waals surface area contributed by atoms with Crippen LogP contribution in [0, 0.1) is 0 Å². The van der Waals surface area contributed by atoms with Gasteiger partial charge >= 0.3 is 0 Å². The Labute approximate surface area is 195 Å². The SMILES string of the molecule is [2H]C([2H])([2H])Nc1nc(N)nc2c1C(c1ccc(-n3cnc(Cl)c3)c(OC)c1)CC2c1ccccc1. The number of nitrogens with one attached hydrogen (secondary N) is 1. The second-order valence-corrected chi connectivity index (χ2v) is 8.03. The summed E-state index contributed by atoms with van der Waals surface area (Å²) < 4.78 is 30.7. The third-order valence-electron chi connectivity index (χ3n) is 5.90. The van der Waals surface area contributed by atoms with Crippen molar-refractivity contribution >= 4 is 23.4 Å². The number of nitrogens with zero attached hydrogens (tertiary/aromatic N) is 4. The summed E-state index contributed by atoms with van der Waals surface area (Å²) in [6, 6.07) is 15.8. The lowest BCUT2D eigenvalue weighted by Gasteiger charge is -2.18. The van der Waals surface area contributed by atoms with Crippen LogP contribution in [-0.2, 0) is 0 Å². The molecular weight excluding hydrogens is 424 g/mol. The van der Waals surface area contributed by atoms with Crippen LogP contribution in [0.1, 0.15) is 44.8 Å². The Morgan fingerprint density at radius 3 is 2.72 bits per heavy atom. The van der Waals surface area contributed by atoms with Gasteiger partial charge in [0, 0.05) is 34.7 Å². The average Bonchev–Trinajstić information content (AvgIpc) is 3.42. The fraction of sp³-hybridized carbons (Fsp3) is 0.208. The van der Waals surface area contributed by atoms with Gasteiger partial charge in [-0.1, -0.05) is 48.0 Å². The molecule has 0 spiro atoms. The Kier molecular flexibility index (Phi) is 4.35. The molecule has 0 fully saturated rings. The zero-order chi connectivity index (χ0) is 24.7. The molecule has 8 heteroatoms. The number of methoxy groups -OCH3 is 1. The topological polar surface area (TPSA) is 90.9 Å². The molecule has 0 saturated heterocycles. The third-order valence-corrected chi connectivity index (χ3v) is 6.09. The summed E-state index contributed by atoms with van der Waals surface area (Å²) >= 11 is 6.00. The molecule has 2 aromatic carbocycles. The van der Waals surface area contributed by atoms with Crippen molar-refractivity contribution in [3.63, 3.8) is 0 Å². The maximum absolute atomic E-state index is 7.76. The highest BCUT2D eigenvalue weighted by Gasteiger charge is 2.37. The molecule has 1 aliphatic rings. The molecule has 0 bridgehead atoms. The normalized spacial score (nSPS) is 19.0. The Balaban J connectivity index is 1.65. The number of nitrogen functional groups attached to an aromatic ring is 1. The summed E-state index contributed by atoms with van der Waals surface area (Å²) in [6.45, 7) is -2.44. The van der Waals surface area contributed by atoms with Crippen molar-refractivity contribution in [3.8, 4) is 11.4 Å². The van der Waals surface area contributed by atoms with Gasteiger partial charge in [0.05, 0.1) is 18.5 Å². The van der Waals surface area contributed by atoms with E-state index in [0.29, 0.717) is 17.3 Å². The van der Waals surface area contributed by atoms with Gasteiger partial charge in [-0.05, 0) is 29.7 Å². The van der Waals surface area contributed by atoms with Crippen molar-refractivity contribution in [1.29, 1.82) is 0 Å². The summed E-state index contributed by atoms with van der Waals surface area (Å²) in [5, 5.41) is 2.95. The number of fused-ring (bicyclic) bond motifs is 1. The van der Waals surface area contributed by atoms with E-state index in [9.17, 15) is 0 Å². The second kappa shape index (κ2) is 8.16. The average molecular weight is 450 g/mol. The highest BCUT2D eigenvalue weighted by Crippen LogP contribution is 2.50. The van der Waals surface area contributed by atoms with Gasteiger partial charge in [0.2, 0.25) is 5.95 Å². The van der Waals surface area contributed by atoms with Gasteiger partial charge in [-0.25, -0.2) is 9.97 Å². The van der Waals surface area contributed by atoms with E-state index in [1.54, 1.807) is 24.2 Å². The summed E-state index contributed by atoms with van der Waals surface area (Å²) in [6.07, 6.45) is 3.99. The van der Waals surface area contributed by atoms with Crippen LogP contribution in [0.15, 0.2) is 61.1 Å². The molecule has 0 aliphatic heterocycles. The fourth-order valence-corrected chi connectivity index (χ4v) is 4.66. The molecule has 0 saturated carbocycles. The highest BCUT2D eigenvalue weighted by atomic mass is 35.5. The van der Waals surface area contributed by atoms with Crippen LogP contribution in [0.4, 0.5) is 11.8 Å². The van der Waals surface area contributed by atoms with Crippen molar-refractivity contribution in [3.05, 3.63) is 88.6 Å². The van der Waals surface area contributed by atoms with Crippen LogP contribution < -0.4 is 15.8 Å². The van der Waals surface area contributed by atoms with Crippen LogP contribution in [0.2, 0.25) is 5.15 Å². The van der Waals surface area contributed by atoms with Crippen LogP contribution in [0.25, 0.3) is 5.69 Å². The lowest BCUT2D eigenvalue weighted by Crippen LogP contribution is -2.09. The van der Waals surface area contributed by atoms with E-state index in [1.165, 1.54) is 0 Å². The molecule has 162 valence electrons. The number of hydrogen-bond acceptors (Lipinski definition) is 6. The first kappa shape index (κ1) is 17.0. The number of aromatic nitrogens is 4. The van der Waals surface area contributed by atoms with Crippen molar-refractivity contribution in [2.24, 2.45) is 0 Å². The minimum Gasteiger partial charge on any atom is -0.495 e. The van der Waals surface area contributed by atoms with Crippen molar-refractivity contribution in [1.82, 2.24) is 19.5 Å². The largest absolute Gasteiger partial charge is 0.495 e. The Morgan fingerprint density at radius 2 is 2.00 bits per heavy atom. The monoisotopic (exact) mass is 449 g/mol. The quantitative estimate of drug-likeness (QED) is 0.462. The number of benzene rings is 2. The Bertz CT molecular complexity index is 1380. The Hall–Kier alpha value is -3.58. The number of ether oxygens (including phenoxy) is 1. The molecule has 2 aromatic heterocycles. The number of halogens is 1. The van der Waals surface area contributed by atoms with Gasteiger partial charge in [-0.2, -0.15) is 4.98 Å². The van der Waals surface area contributed by atoms with E-state index in [0.717, 1.165) is 28.1 Å². The Morgan fingerprint density at radius 1 is 1.16 bits per heavy atom. The van der Waals surface area contributed by atoms with Crippen LogP contribution in [0.5, 0.6) is 5.75 Å². The predicted molar refractivity (Wildman–Crippen MR) is 126 cm³/mol. The lowest BCUT2D eigenvalue weighted by molar-refractivity contribution is 0.412. The first-order chi connectivity index (χ1) is 16.7. The zero-order valence-corrected chi connectivity index (χ0v) is 18.0. The van der Waals surface area contributed by atoms with Gasteiger partial charge in [0.15, 0.2) is 0 Å².